The molecule has 4 nitrogen and oxygen atoms in total. The van der Waals surface area contributed by atoms with Crippen LogP contribution in [0.2, 0.25) is 0 Å². The van der Waals surface area contributed by atoms with Crippen molar-refractivity contribution < 1.29 is 9.90 Å². The number of allylic oxidation sites excluding steroid dienone is 3. The Labute approximate surface area is 113 Å². The predicted molar refractivity (Wildman–Crippen MR) is 77.6 cm³/mol. The minimum atomic E-state index is -1.00. The van der Waals surface area contributed by atoms with E-state index in [9.17, 15) is 9.90 Å². The highest BCUT2D eigenvalue weighted by molar-refractivity contribution is 5.95. The Morgan fingerprint density at radius 3 is 2.58 bits per heavy atom. The molecule has 0 heterocycles. The molecule has 0 spiro atoms. The molecule has 0 saturated heterocycles. The molecule has 0 bridgehead atoms. The van der Waals surface area contributed by atoms with Gasteiger partial charge in [-0.3, -0.25) is 4.79 Å². The quantitative estimate of drug-likeness (QED) is 0.707. The fraction of sp³-hybridized carbons (Fsp3) is 0.267. The van der Waals surface area contributed by atoms with Gasteiger partial charge in [-0.25, -0.2) is 0 Å². The normalized spacial score (nSPS) is 15.3. The van der Waals surface area contributed by atoms with Crippen molar-refractivity contribution in [3.05, 3.63) is 54.1 Å². The zero-order chi connectivity index (χ0) is 14.3. The number of aliphatic hydroxyl groups is 1. The van der Waals surface area contributed by atoms with Crippen LogP contribution >= 0.6 is 0 Å². The second-order valence-electron chi connectivity index (χ2n) is 4.26. The molecule has 19 heavy (non-hydrogen) atoms. The second kappa shape index (κ2) is 7.51. The number of nitrogens with one attached hydrogen (secondary N) is 1. The van der Waals surface area contributed by atoms with Crippen molar-refractivity contribution in [2.75, 3.05) is 5.32 Å². The molecule has 4 heteroatoms. The lowest BCUT2D eigenvalue weighted by atomic mass is 10.0. The standard InChI is InChI=1S/C15H20N2O2/c1-3-4-8-11(2)14(18)13(16)15(19)17-12-9-6-5-7-10-12/h3-10,13-14,18H,16H2,1-2H3,(H,17,19)/b4-3-,11-8+/t13-,14+/m0/s1. The third-order valence-electron chi connectivity index (χ3n) is 2.70. The third kappa shape index (κ3) is 4.69. The van der Waals surface area contributed by atoms with Crippen molar-refractivity contribution in [1.29, 1.82) is 0 Å². The molecule has 102 valence electrons. The Morgan fingerprint density at radius 2 is 2.00 bits per heavy atom. The van der Waals surface area contributed by atoms with E-state index in [4.69, 9.17) is 5.73 Å². The molecule has 1 amide bonds. The molecule has 0 fully saturated rings. The van der Waals surface area contributed by atoms with Gasteiger partial charge in [-0.15, -0.1) is 0 Å². The van der Waals surface area contributed by atoms with Crippen LogP contribution in [0.5, 0.6) is 0 Å². The summed E-state index contributed by atoms with van der Waals surface area (Å²) in [5.41, 5.74) is 7.06. The van der Waals surface area contributed by atoms with Gasteiger partial charge in [-0.05, 0) is 31.6 Å². The Kier molecular flexibility index (Phi) is 5.99. The molecule has 0 aromatic heterocycles. The second-order valence-corrected chi connectivity index (χ2v) is 4.26. The molecule has 0 saturated carbocycles. The Bertz CT molecular complexity index is 466. The van der Waals surface area contributed by atoms with E-state index < -0.39 is 18.1 Å². The van der Waals surface area contributed by atoms with Gasteiger partial charge in [0, 0.05) is 5.69 Å². The largest absolute Gasteiger partial charge is 0.387 e. The molecule has 1 aromatic carbocycles. The van der Waals surface area contributed by atoms with Gasteiger partial charge in [-0.1, -0.05) is 36.4 Å². The predicted octanol–water partition coefficient (Wildman–Crippen LogP) is 1.84. The van der Waals surface area contributed by atoms with Crippen LogP contribution in [0.3, 0.4) is 0 Å². The van der Waals surface area contributed by atoms with Gasteiger partial charge < -0.3 is 16.2 Å². The number of hydrogen-bond acceptors (Lipinski definition) is 3. The molecular weight excluding hydrogens is 240 g/mol. The number of aliphatic hydroxyl groups excluding tert-OH is 1. The summed E-state index contributed by atoms with van der Waals surface area (Å²) < 4.78 is 0. The topological polar surface area (TPSA) is 75.3 Å². The van der Waals surface area contributed by atoms with Crippen molar-refractivity contribution in [3.8, 4) is 0 Å². The average Bonchev–Trinajstić information content (AvgIpc) is 2.44. The van der Waals surface area contributed by atoms with E-state index in [1.54, 1.807) is 31.2 Å². The number of anilines is 1. The average molecular weight is 260 g/mol. The number of nitrogens with two attached hydrogens (primary N) is 1. The molecular formula is C15H20N2O2. The van der Waals surface area contributed by atoms with Gasteiger partial charge in [0.15, 0.2) is 0 Å². The summed E-state index contributed by atoms with van der Waals surface area (Å²) in [6.07, 6.45) is 4.37. The highest BCUT2D eigenvalue weighted by Gasteiger charge is 2.23. The van der Waals surface area contributed by atoms with Crippen molar-refractivity contribution in [2.45, 2.75) is 26.0 Å². The van der Waals surface area contributed by atoms with Gasteiger partial charge in [0.2, 0.25) is 5.91 Å². The molecule has 2 atom stereocenters. The summed E-state index contributed by atoms with van der Waals surface area (Å²) in [6, 6.07) is 8.01. The van der Waals surface area contributed by atoms with E-state index in [1.807, 2.05) is 31.2 Å². The van der Waals surface area contributed by atoms with Gasteiger partial charge in [-0.2, -0.15) is 0 Å². The van der Waals surface area contributed by atoms with Crippen LogP contribution < -0.4 is 11.1 Å². The maximum Gasteiger partial charge on any atom is 0.244 e. The molecule has 0 aliphatic rings. The van der Waals surface area contributed by atoms with Crippen LogP contribution in [0, 0.1) is 0 Å². The van der Waals surface area contributed by atoms with E-state index >= 15 is 0 Å². The Hall–Kier alpha value is -1.91. The molecule has 0 unspecified atom stereocenters. The summed E-state index contributed by atoms with van der Waals surface area (Å²) in [4.78, 5) is 11.9. The lowest BCUT2D eigenvalue weighted by molar-refractivity contribution is -0.119. The maximum absolute atomic E-state index is 11.9. The fourth-order valence-corrected chi connectivity index (χ4v) is 1.52. The fourth-order valence-electron chi connectivity index (χ4n) is 1.52. The lowest BCUT2D eigenvalue weighted by Crippen LogP contribution is -2.45. The summed E-state index contributed by atoms with van der Waals surface area (Å²) in [5.74, 6) is -0.410. The molecule has 0 aliphatic carbocycles. The van der Waals surface area contributed by atoms with Crippen LogP contribution in [-0.2, 0) is 4.79 Å². The SMILES string of the molecule is C/C=C\C=C(/C)[C@@H](O)[C@H](N)C(=O)Nc1ccccc1. The van der Waals surface area contributed by atoms with Gasteiger partial charge >= 0.3 is 0 Å². The Balaban J connectivity index is 2.66. The number of rotatable bonds is 5. The van der Waals surface area contributed by atoms with Crippen molar-refractivity contribution >= 4 is 11.6 Å². The van der Waals surface area contributed by atoms with Gasteiger partial charge in [0.05, 0.1) is 6.10 Å². The van der Waals surface area contributed by atoms with Crippen LogP contribution in [0.1, 0.15) is 13.8 Å². The monoisotopic (exact) mass is 260 g/mol. The molecule has 0 aliphatic heterocycles. The van der Waals surface area contributed by atoms with Gasteiger partial charge in [0.1, 0.15) is 6.04 Å². The van der Waals surface area contributed by atoms with E-state index in [-0.39, 0.29) is 0 Å². The summed E-state index contributed by atoms with van der Waals surface area (Å²) >= 11 is 0. The van der Waals surface area contributed by atoms with Crippen molar-refractivity contribution in [2.24, 2.45) is 5.73 Å². The van der Waals surface area contributed by atoms with Crippen LogP contribution in [0.25, 0.3) is 0 Å². The number of hydrogen-bond donors (Lipinski definition) is 3. The first-order valence-corrected chi connectivity index (χ1v) is 6.15. The molecule has 1 aromatic rings. The number of para-hydroxylation sites is 1. The van der Waals surface area contributed by atoms with Crippen LogP contribution in [0.15, 0.2) is 54.1 Å². The summed E-state index contributed by atoms with van der Waals surface area (Å²) in [6.45, 7) is 3.61. The zero-order valence-corrected chi connectivity index (χ0v) is 11.2. The number of benzene rings is 1. The smallest absolute Gasteiger partial charge is 0.244 e. The molecule has 4 N–H and O–H groups in total. The minimum absolute atomic E-state index is 0.410. The summed E-state index contributed by atoms with van der Waals surface area (Å²) in [7, 11) is 0. The first-order chi connectivity index (χ1) is 9.06. The molecule has 1 rings (SSSR count). The van der Waals surface area contributed by atoms with Crippen molar-refractivity contribution in [3.63, 3.8) is 0 Å². The van der Waals surface area contributed by atoms with E-state index in [0.717, 1.165) is 0 Å². The highest BCUT2D eigenvalue weighted by Crippen LogP contribution is 2.09. The first kappa shape index (κ1) is 15.1. The number of carbonyl (C=O) groups is 1. The maximum atomic E-state index is 11.9. The molecule has 0 radical (unpaired) electrons. The minimum Gasteiger partial charge on any atom is -0.387 e. The van der Waals surface area contributed by atoms with Crippen molar-refractivity contribution in [1.82, 2.24) is 0 Å². The van der Waals surface area contributed by atoms with Crippen LogP contribution in [-0.4, -0.2) is 23.2 Å². The van der Waals surface area contributed by atoms with E-state index in [1.165, 1.54) is 0 Å². The zero-order valence-electron chi connectivity index (χ0n) is 11.2. The first-order valence-electron chi connectivity index (χ1n) is 6.15. The number of amides is 1. The van der Waals surface area contributed by atoms with Crippen LogP contribution in [0.4, 0.5) is 5.69 Å². The Morgan fingerprint density at radius 1 is 1.37 bits per heavy atom. The van der Waals surface area contributed by atoms with E-state index in [2.05, 4.69) is 5.32 Å². The van der Waals surface area contributed by atoms with Gasteiger partial charge in [0.25, 0.3) is 0 Å². The summed E-state index contributed by atoms with van der Waals surface area (Å²) in [5, 5.41) is 12.6. The lowest BCUT2D eigenvalue weighted by Gasteiger charge is -2.19. The van der Waals surface area contributed by atoms with E-state index in [0.29, 0.717) is 11.3 Å². The number of carbonyl (C=O) groups excluding carboxylic acids is 1. The third-order valence-corrected chi connectivity index (χ3v) is 2.70. The highest BCUT2D eigenvalue weighted by atomic mass is 16.3.